The van der Waals surface area contributed by atoms with Crippen molar-refractivity contribution in [1.29, 1.82) is 0 Å². The van der Waals surface area contributed by atoms with Crippen LogP contribution in [0.4, 0.5) is 0 Å². The zero-order valence-electron chi connectivity index (χ0n) is 7.49. The highest BCUT2D eigenvalue weighted by atomic mass is 16.7. The van der Waals surface area contributed by atoms with E-state index in [9.17, 15) is 4.79 Å². The van der Waals surface area contributed by atoms with Crippen molar-refractivity contribution in [3.63, 3.8) is 0 Å². The quantitative estimate of drug-likeness (QED) is 0.593. The fourth-order valence-corrected chi connectivity index (χ4v) is 1.46. The van der Waals surface area contributed by atoms with Crippen LogP contribution in [0.25, 0.3) is 0 Å². The first-order valence-corrected chi connectivity index (χ1v) is 4.24. The molecule has 0 unspecified atom stereocenters. The third-order valence-electron chi connectivity index (χ3n) is 2.01. The molecule has 3 nitrogen and oxygen atoms in total. The standard InChI is InChI=1S/C10H11NO2/c1-11-7-9(12)6-8-4-2-3-5-10(8)13-11/h2-5H,6-7H2,1H3. The van der Waals surface area contributed by atoms with E-state index in [1.807, 2.05) is 24.3 Å². The Balaban J connectivity index is 2.38. The maximum Gasteiger partial charge on any atom is 0.154 e. The van der Waals surface area contributed by atoms with Gasteiger partial charge < -0.3 is 4.84 Å². The van der Waals surface area contributed by atoms with E-state index in [4.69, 9.17) is 4.84 Å². The van der Waals surface area contributed by atoms with Crippen molar-refractivity contribution < 1.29 is 9.63 Å². The van der Waals surface area contributed by atoms with Gasteiger partial charge in [-0.2, -0.15) is 0 Å². The molecule has 0 N–H and O–H groups in total. The Bertz CT molecular complexity index is 335. The molecule has 1 aliphatic heterocycles. The Kier molecular flexibility index (Phi) is 2.02. The largest absolute Gasteiger partial charge is 0.406 e. The molecule has 13 heavy (non-hydrogen) atoms. The molecule has 1 aliphatic rings. The summed E-state index contributed by atoms with van der Waals surface area (Å²) in [5, 5.41) is 1.56. The summed E-state index contributed by atoms with van der Waals surface area (Å²) in [5.74, 6) is 0.975. The fourth-order valence-electron chi connectivity index (χ4n) is 1.46. The van der Waals surface area contributed by atoms with Crippen LogP contribution in [0.3, 0.4) is 0 Å². The summed E-state index contributed by atoms with van der Waals surface area (Å²) in [7, 11) is 1.76. The highest BCUT2D eigenvalue weighted by Crippen LogP contribution is 2.21. The number of carbonyl (C=O) groups excluding carboxylic acids is 1. The predicted molar refractivity (Wildman–Crippen MR) is 48.4 cm³/mol. The molecule has 1 aromatic carbocycles. The van der Waals surface area contributed by atoms with Crippen LogP contribution in [0.15, 0.2) is 24.3 Å². The molecule has 0 bridgehead atoms. The second-order valence-electron chi connectivity index (χ2n) is 3.20. The molecule has 0 saturated carbocycles. The average molecular weight is 177 g/mol. The highest BCUT2D eigenvalue weighted by molar-refractivity contribution is 5.83. The minimum absolute atomic E-state index is 0.187. The van der Waals surface area contributed by atoms with Crippen molar-refractivity contribution in [3.8, 4) is 5.75 Å². The van der Waals surface area contributed by atoms with Crippen molar-refractivity contribution in [2.45, 2.75) is 6.42 Å². The van der Waals surface area contributed by atoms with Crippen LogP contribution >= 0.6 is 0 Å². The predicted octanol–water partition coefficient (Wildman–Crippen LogP) is 1.04. The Labute approximate surface area is 76.9 Å². The van der Waals surface area contributed by atoms with Gasteiger partial charge >= 0.3 is 0 Å². The van der Waals surface area contributed by atoms with Gasteiger partial charge in [0, 0.05) is 19.0 Å². The summed E-state index contributed by atoms with van der Waals surface area (Å²) in [6, 6.07) is 7.63. The number of benzene rings is 1. The minimum atomic E-state index is 0.187. The van der Waals surface area contributed by atoms with Gasteiger partial charge in [-0.1, -0.05) is 18.2 Å². The molecule has 1 aromatic rings. The zero-order valence-corrected chi connectivity index (χ0v) is 7.49. The lowest BCUT2D eigenvalue weighted by molar-refractivity contribution is -0.124. The molecule has 0 aromatic heterocycles. The number of rotatable bonds is 0. The lowest BCUT2D eigenvalue weighted by Gasteiger charge is -2.13. The van der Waals surface area contributed by atoms with E-state index >= 15 is 0 Å². The summed E-state index contributed by atoms with van der Waals surface area (Å²) >= 11 is 0. The van der Waals surface area contributed by atoms with E-state index in [1.165, 1.54) is 0 Å². The molecule has 0 amide bonds. The molecule has 68 valence electrons. The number of fused-ring (bicyclic) bond motifs is 1. The Morgan fingerprint density at radius 3 is 3.00 bits per heavy atom. The van der Waals surface area contributed by atoms with Gasteiger partial charge in [-0.15, -0.1) is 5.06 Å². The normalized spacial score (nSPS) is 17.5. The van der Waals surface area contributed by atoms with Gasteiger partial charge in [0.1, 0.15) is 0 Å². The van der Waals surface area contributed by atoms with Crippen LogP contribution in [-0.2, 0) is 11.2 Å². The Morgan fingerprint density at radius 1 is 1.38 bits per heavy atom. The number of para-hydroxylation sites is 1. The highest BCUT2D eigenvalue weighted by Gasteiger charge is 2.17. The summed E-state index contributed by atoms with van der Waals surface area (Å²) in [4.78, 5) is 16.8. The van der Waals surface area contributed by atoms with Crippen molar-refractivity contribution in [2.24, 2.45) is 0 Å². The number of likely N-dealkylation sites (N-methyl/N-ethyl adjacent to an activating group) is 1. The molecule has 0 radical (unpaired) electrons. The summed E-state index contributed by atoms with van der Waals surface area (Å²) in [6.07, 6.45) is 0.473. The van der Waals surface area contributed by atoms with Crippen molar-refractivity contribution in [1.82, 2.24) is 5.06 Å². The van der Waals surface area contributed by atoms with Crippen LogP contribution in [0, 0.1) is 0 Å². The summed E-state index contributed by atoms with van der Waals surface area (Å²) in [6.45, 7) is 0.356. The van der Waals surface area contributed by atoms with E-state index in [-0.39, 0.29) is 5.78 Å². The van der Waals surface area contributed by atoms with E-state index in [2.05, 4.69) is 0 Å². The first-order valence-electron chi connectivity index (χ1n) is 4.24. The average Bonchev–Trinajstić information content (AvgIpc) is 2.20. The van der Waals surface area contributed by atoms with E-state index < -0.39 is 0 Å². The number of ketones is 1. The second kappa shape index (κ2) is 3.18. The van der Waals surface area contributed by atoms with Crippen molar-refractivity contribution in [3.05, 3.63) is 29.8 Å². The lowest BCUT2D eigenvalue weighted by atomic mass is 10.1. The van der Waals surface area contributed by atoms with Crippen LogP contribution < -0.4 is 4.84 Å². The molecule has 1 heterocycles. The fraction of sp³-hybridized carbons (Fsp3) is 0.300. The van der Waals surface area contributed by atoms with Gasteiger partial charge in [0.25, 0.3) is 0 Å². The second-order valence-corrected chi connectivity index (χ2v) is 3.20. The molecular weight excluding hydrogens is 166 g/mol. The van der Waals surface area contributed by atoms with Gasteiger partial charge in [0.05, 0.1) is 6.54 Å². The third kappa shape index (κ3) is 1.70. The first-order chi connectivity index (χ1) is 6.25. The van der Waals surface area contributed by atoms with E-state index in [0.29, 0.717) is 13.0 Å². The molecule has 0 spiro atoms. The first kappa shape index (κ1) is 8.26. The number of nitrogens with zero attached hydrogens (tertiary/aromatic N) is 1. The summed E-state index contributed by atoms with van der Waals surface area (Å²) in [5.41, 5.74) is 0.969. The molecule has 0 aliphatic carbocycles. The molecule has 0 saturated heterocycles. The van der Waals surface area contributed by atoms with Gasteiger partial charge in [-0.25, -0.2) is 0 Å². The van der Waals surface area contributed by atoms with E-state index in [0.717, 1.165) is 11.3 Å². The number of hydrogen-bond donors (Lipinski definition) is 0. The maximum absolute atomic E-state index is 11.3. The Morgan fingerprint density at radius 2 is 2.15 bits per heavy atom. The molecular formula is C10H11NO2. The number of carbonyl (C=O) groups is 1. The number of Topliss-reactive ketones (excluding diaryl/α,β-unsaturated/α-hetero) is 1. The van der Waals surface area contributed by atoms with Gasteiger partial charge in [0.2, 0.25) is 0 Å². The SMILES string of the molecule is CN1CC(=O)Cc2ccccc2O1. The van der Waals surface area contributed by atoms with Gasteiger partial charge in [-0.3, -0.25) is 4.79 Å². The smallest absolute Gasteiger partial charge is 0.154 e. The number of hydroxylamine groups is 2. The monoisotopic (exact) mass is 177 g/mol. The topological polar surface area (TPSA) is 29.5 Å². The van der Waals surface area contributed by atoms with E-state index in [1.54, 1.807) is 12.1 Å². The summed E-state index contributed by atoms with van der Waals surface area (Å²) < 4.78 is 0. The Hall–Kier alpha value is -1.35. The lowest BCUT2D eigenvalue weighted by Crippen LogP contribution is -2.27. The zero-order chi connectivity index (χ0) is 9.26. The van der Waals surface area contributed by atoms with Crippen molar-refractivity contribution in [2.75, 3.05) is 13.6 Å². The molecule has 0 fully saturated rings. The van der Waals surface area contributed by atoms with Crippen LogP contribution in [0.5, 0.6) is 5.75 Å². The molecule has 3 heteroatoms. The molecule has 0 atom stereocenters. The van der Waals surface area contributed by atoms with Crippen molar-refractivity contribution >= 4 is 5.78 Å². The van der Waals surface area contributed by atoms with Crippen LogP contribution in [-0.4, -0.2) is 24.4 Å². The van der Waals surface area contributed by atoms with Gasteiger partial charge in [0.15, 0.2) is 11.5 Å². The number of hydrogen-bond acceptors (Lipinski definition) is 3. The third-order valence-corrected chi connectivity index (χ3v) is 2.01. The van der Waals surface area contributed by atoms with Gasteiger partial charge in [-0.05, 0) is 6.07 Å². The van der Waals surface area contributed by atoms with Crippen LogP contribution in [0.2, 0.25) is 0 Å². The maximum atomic E-state index is 11.3. The van der Waals surface area contributed by atoms with Crippen LogP contribution in [0.1, 0.15) is 5.56 Å². The minimum Gasteiger partial charge on any atom is -0.406 e. The molecule has 2 rings (SSSR count).